The van der Waals surface area contributed by atoms with Gasteiger partial charge in [0.2, 0.25) is 15.9 Å². The SMILES string of the molecule is Cc1ccc(Cl)cc1N1CCN(C(=O)CN(C)S(=O)(=O)c2cc(Cl)ccc2Cl)CC1. The molecule has 0 radical (unpaired) electrons. The highest BCUT2D eigenvalue weighted by atomic mass is 35.5. The number of nitrogens with zero attached hydrogens (tertiary/aromatic N) is 3. The summed E-state index contributed by atoms with van der Waals surface area (Å²) in [4.78, 5) is 16.5. The number of benzene rings is 2. The number of likely N-dealkylation sites (N-methyl/N-ethyl adjacent to an activating group) is 1. The number of hydrogen-bond donors (Lipinski definition) is 0. The molecule has 1 heterocycles. The Balaban J connectivity index is 1.64. The van der Waals surface area contributed by atoms with Gasteiger partial charge in [-0.25, -0.2) is 8.42 Å². The maximum atomic E-state index is 12.8. The number of carbonyl (C=O) groups excluding carboxylic acids is 1. The Morgan fingerprint density at radius 3 is 2.27 bits per heavy atom. The van der Waals surface area contributed by atoms with E-state index in [1.807, 2.05) is 25.1 Å². The summed E-state index contributed by atoms with van der Waals surface area (Å²) in [6.45, 7) is 4.02. The van der Waals surface area contributed by atoms with Crippen molar-refractivity contribution in [2.24, 2.45) is 0 Å². The molecule has 6 nitrogen and oxygen atoms in total. The molecule has 0 saturated carbocycles. The van der Waals surface area contributed by atoms with Crippen LogP contribution in [-0.2, 0) is 14.8 Å². The highest BCUT2D eigenvalue weighted by molar-refractivity contribution is 7.89. The molecule has 1 amide bonds. The Labute approximate surface area is 192 Å². The second kappa shape index (κ2) is 9.32. The Hall–Kier alpha value is -1.51. The summed E-state index contributed by atoms with van der Waals surface area (Å²) in [7, 11) is -2.59. The third-order valence-corrected chi connectivity index (χ3v) is 7.84. The summed E-state index contributed by atoms with van der Waals surface area (Å²) >= 11 is 18.1. The van der Waals surface area contributed by atoms with Crippen molar-refractivity contribution in [3.63, 3.8) is 0 Å². The van der Waals surface area contributed by atoms with Crippen LogP contribution in [0.1, 0.15) is 5.56 Å². The molecule has 0 atom stereocenters. The van der Waals surface area contributed by atoms with E-state index < -0.39 is 10.0 Å². The zero-order valence-electron chi connectivity index (χ0n) is 16.6. The van der Waals surface area contributed by atoms with Crippen LogP contribution >= 0.6 is 34.8 Å². The van der Waals surface area contributed by atoms with E-state index in [0.29, 0.717) is 31.2 Å². The fraction of sp³-hybridized carbons (Fsp3) is 0.350. The monoisotopic (exact) mass is 489 g/mol. The molecule has 1 aliphatic heterocycles. The minimum absolute atomic E-state index is 0.0594. The van der Waals surface area contributed by atoms with Crippen LogP contribution in [0.2, 0.25) is 15.1 Å². The van der Waals surface area contributed by atoms with Crippen LogP contribution in [0.15, 0.2) is 41.3 Å². The first-order valence-corrected chi connectivity index (χ1v) is 11.9. The zero-order valence-corrected chi connectivity index (χ0v) is 19.7. The fourth-order valence-electron chi connectivity index (χ4n) is 3.34. The molecule has 0 N–H and O–H groups in total. The molecule has 0 aliphatic carbocycles. The summed E-state index contributed by atoms with van der Waals surface area (Å²) in [5, 5.41) is 0.981. The molecule has 162 valence electrons. The van der Waals surface area contributed by atoms with Gasteiger partial charge < -0.3 is 9.80 Å². The second-order valence-electron chi connectivity index (χ2n) is 7.13. The average molecular weight is 491 g/mol. The van der Waals surface area contributed by atoms with Gasteiger partial charge in [-0.3, -0.25) is 4.79 Å². The maximum absolute atomic E-state index is 12.8. The molecule has 1 fully saturated rings. The van der Waals surface area contributed by atoms with Crippen LogP contribution < -0.4 is 4.90 Å². The lowest BCUT2D eigenvalue weighted by Crippen LogP contribution is -2.51. The van der Waals surface area contributed by atoms with Gasteiger partial charge in [-0.1, -0.05) is 40.9 Å². The Bertz CT molecular complexity index is 1050. The van der Waals surface area contributed by atoms with E-state index in [4.69, 9.17) is 34.8 Å². The van der Waals surface area contributed by atoms with Crippen LogP contribution in [0, 0.1) is 6.92 Å². The lowest BCUT2D eigenvalue weighted by atomic mass is 10.1. The maximum Gasteiger partial charge on any atom is 0.244 e. The first-order valence-electron chi connectivity index (χ1n) is 9.30. The Morgan fingerprint density at radius 1 is 1.00 bits per heavy atom. The number of amides is 1. The first kappa shape index (κ1) is 23.2. The van der Waals surface area contributed by atoms with Gasteiger partial charge in [-0.05, 0) is 42.8 Å². The van der Waals surface area contributed by atoms with Crippen LogP contribution in [0.4, 0.5) is 5.69 Å². The molecular formula is C20H22Cl3N3O3S. The number of halogens is 3. The third kappa shape index (κ3) is 5.03. The van der Waals surface area contributed by atoms with Gasteiger partial charge in [0.15, 0.2) is 0 Å². The van der Waals surface area contributed by atoms with Gasteiger partial charge in [0, 0.05) is 49.0 Å². The molecule has 0 bridgehead atoms. The molecule has 1 aliphatic rings. The quantitative estimate of drug-likeness (QED) is 0.637. The Kier molecular flexibility index (Phi) is 7.20. The summed E-state index contributed by atoms with van der Waals surface area (Å²) in [5.41, 5.74) is 2.16. The van der Waals surface area contributed by atoms with Gasteiger partial charge in [-0.15, -0.1) is 0 Å². The Morgan fingerprint density at radius 2 is 1.60 bits per heavy atom. The van der Waals surface area contributed by atoms with E-state index >= 15 is 0 Å². The fourth-order valence-corrected chi connectivity index (χ4v) is 5.36. The highest BCUT2D eigenvalue weighted by Crippen LogP contribution is 2.28. The van der Waals surface area contributed by atoms with Crippen molar-refractivity contribution in [1.82, 2.24) is 9.21 Å². The van der Waals surface area contributed by atoms with Gasteiger partial charge in [0.05, 0.1) is 11.6 Å². The predicted octanol–water partition coefficient (Wildman–Crippen LogP) is 3.92. The van der Waals surface area contributed by atoms with E-state index in [0.717, 1.165) is 15.6 Å². The summed E-state index contributed by atoms with van der Waals surface area (Å²) in [6, 6.07) is 9.95. The summed E-state index contributed by atoms with van der Waals surface area (Å²) in [6.07, 6.45) is 0. The lowest BCUT2D eigenvalue weighted by Gasteiger charge is -2.37. The minimum atomic E-state index is -3.95. The van der Waals surface area contributed by atoms with Crippen molar-refractivity contribution in [2.75, 3.05) is 44.7 Å². The number of hydrogen-bond acceptors (Lipinski definition) is 4. The third-order valence-electron chi connectivity index (χ3n) is 5.08. The minimum Gasteiger partial charge on any atom is -0.368 e. The van der Waals surface area contributed by atoms with Crippen molar-refractivity contribution in [1.29, 1.82) is 0 Å². The number of rotatable bonds is 5. The molecule has 10 heteroatoms. The summed E-state index contributed by atoms with van der Waals surface area (Å²) < 4.78 is 26.6. The molecular weight excluding hydrogens is 469 g/mol. The van der Waals surface area contributed by atoms with Crippen molar-refractivity contribution in [2.45, 2.75) is 11.8 Å². The zero-order chi connectivity index (χ0) is 22.1. The van der Waals surface area contributed by atoms with Gasteiger partial charge >= 0.3 is 0 Å². The van der Waals surface area contributed by atoms with Crippen LogP contribution in [0.5, 0.6) is 0 Å². The largest absolute Gasteiger partial charge is 0.368 e. The topological polar surface area (TPSA) is 60.9 Å². The molecule has 2 aromatic rings. The molecule has 0 aromatic heterocycles. The van der Waals surface area contributed by atoms with Gasteiger partial charge in [0.1, 0.15) is 4.90 Å². The van der Waals surface area contributed by atoms with Crippen molar-refractivity contribution >= 4 is 56.4 Å². The van der Waals surface area contributed by atoms with Crippen LogP contribution in [-0.4, -0.2) is 63.3 Å². The van der Waals surface area contributed by atoms with Crippen LogP contribution in [0.25, 0.3) is 0 Å². The molecule has 0 unspecified atom stereocenters. The number of aryl methyl sites for hydroxylation is 1. The predicted molar refractivity (Wildman–Crippen MR) is 121 cm³/mol. The number of sulfonamides is 1. The molecule has 0 spiro atoms. The van der Waals surface area contributed by atoms with Crippen LogP contribution in [0.3, 0.4) is 0 Å². The standard InChI is InChI=1S/C20H22Cl3N3O3S/c1-14-3-4-15(21)11-18(14)25-7-9-26(10-8-25)20(27)13-24(2)30(28,29)19-12-16(22)5-6-17(19)23/h3-6,11-12H,7-10,13H2,1-2H3. The number of anilines is 1. The van der Waals surface area contributed by atoms with E-state index in [9.17, 15) is 13.2 Å². The highest BCUT2D eigenvalue weighted by Gasteiger charge is 2.29. The number of piperazine rings is 1. The lowest BCUT2D eigenvalue weighted by molar-refractivity contribution is -0.131. The van der Waals surface area contributed by atoms with Crippen molar-refractivity contribution in [3.05, 3.63) is 57.0 Å². The van der Waals surface area contributed by atoms with Crippen molar-refractivity contribution < 1.29 is 13.2 Å². The van der Waals surface area contributed by atoms with Gasteiger partial charge in [0.25, 0.3) is 0 Å². The van der Waals surface area contributed by atoms with E-state index in [-0.39, 0.29) is 27.4 Å². The average Bonchev–Trinajstić information content (AvgIpc) is 2.71. The second-order valence-corrected chi connectivity index (χ2v) is 10.4. The van der Waals surface area contributed by atoms with Gasteiger partial charge in [-0.2, -0.15) is 4.31 Å². The molecule has 3 rings (SSSR count). The van der Waals surface area contributed by atoms with E-state index in [2.05, 4.69) is 4.90 Å². The molecule has 2 aromatic carbocycles. The first-order chi connectivity index (χ1) is 14.1. The number of carbonyl (C=O) groups is 1. The van der Waals surface area contributed by atoms with Crippen molar-refractivity contribution in [3.8, 4) is 0 Å². The molecule has 30 heavy (non-hydrogen) atoms. The molecule has 1 saturated heterocycles. The van der Waals surface area contributed by atoms with E-state index in [1.165, 1.54) is 25.2 Å². The smallest absolute Gasteiger partial charge is 0.244 e. The normalized spacial score (nSPS) is 15.0. The summed E-state index contributed by atoms with van der Waals surface area (Å²) in [5.74, 6) is -0.262. The van der Waals surface area contributed by atoms with E-state index in [1.54, 1.807) is 4.90 Å².